The molecule has 7 aromatic rings. The average Bonchev–Trinajstić information content (AvgIpc) is 3.67. The van der Waals surface area contributed by atoms with Gasteiger partial charge in [-0.3, -0.25) is 0 Å². The lowest BCUT2D eigenvalue weighted by molar-refractivity contribution is 0.188. The highest BCUT2D eigenvalue weighted by atomic mass is 16.3. The van der Waals surface area contributed by atoms with Gasteiger partial charge in [0.05, 0.1) is 17.0 Å². The third kappa shape index (κ3) is 6.95. The number of benzene rings is 6. The third-order valence-corrected chi connectivity index (χ3v) is 18.8. The molecule has 1 saturated carbocycles. The predicted molar refractivity (Wildman–Crippen MR) is 305 cm³/mol. The molecule has 0 radical (unpaired) electrons. The molecular formula is C67H77BN2O. The first-order valence-corrected chi connectivity index (χ1v) is 27.1. The average molecular weight is 937 g/mol. The number of fused-ring (bicyclic) bond motifs is 9. The van der Waals surface area contributed by atoms with Crippen LogP contribution in [0.15, 0.2) is 108 Å². The van der Waals surface area contributed by atoms with Crippen LogP contribution in [0.4, 0.5) is 34.1 Å². The van der Waals surface area contributed by atoms with E-state index in [1.165, 1.54) is 139 Å². The van der Waals surface area contributed by atoms with Gasteiger partial charge in [-0.05, 0) is 199 Å². The summed E-state index contributed by atoms with van der Waals surface area (Å²) in [7, 11) is 0. The van der Waals surface area contributed by atoms with Gasteiger partial charge in [-0.2, -0.15) is 0 Å². The van der Waals surface area contributed by atoms with E-state index < -0.39 is 0 Å². The van der Waals surface area contributed by atoms with E-state index in [2.05, 4.69) is 224 Å². The van der Waals surface area contributed by atoms with Gasteiger partial charge >= 0.3 is 0 Å². The van der Waals surface area contributed by atoms with Crippen LogP contribution in [-0.4, -0.2) is 6.71 Å². The first-order valence-electron chi connectivity index (χ1n) is 27.1. The lowest BCUT2D eigenvalue weighted by atomic mass is 9.35. The summed E-state index contributed by atoms with van der Waals surface area (Å²) < 4.78 is 7.71. The maximum Gasteiger partial charge on any atom is 0.297 e. The van der Waals surface area contributed by atoms with Crippen molar-refractivity contribution in [3.63, 3.8) is 0 Å². The topological polar surface area (TPSA) is 19.6 Å². The SMILES string of the molecule is Cc1cc2c3c(c1)N(c1ccc4c(c1)C(C)(C)CCC4(C)C)c1c(oc4cc5c(cc14)C1(C)CCC5(C)CC1)B3c1cc(C(C)(C)C)ccc1N2c1ccc(C(C)(C)C)cc1-c1ccc(C(C)(C)C)cc1. The molecule has 3 nitrogen and oxygen atoms in total. The Hall–Kier alpha value is -5.48. The molecule has 2 bridgehead atoms. The van der Waals surface area contributed by atoms with Gasteiger partial charge in [-0.25, -0.2) is 0 Å². The summed E-state index contributed by atoms with van der Waals surface area (Å²) in [4.78, 5) is 5.29. The quantitative estimate of drug-likeness (QED) is 0.165. The first kappa shape index (κ1) is 46.6. The van der Waals surface area contributed by atoms with E-state index in [0.29, 0.717) is 0 Å². The lowest BCUT2D eigenvalue weighted by Crippen LogP contribution is -2.61. The molecule has 0 saturated heterocycles. The molecule has 0 amide bonds. The second kappa shape index (κ2) is 14.8. The molecule has 0 spiro atoms. The summed E-state index contributed by atoms with van der Waals surface area (Å²) in [6.07, 6.45) is 7.32. The van der Waals surface area contributed by atoms with Gasteiger partial charge in [-0.15, -0.1) is 0 Å². The van der Waals surface area contributed by atoms with Crippen molar-refractivity contribution in [3.05, 3.63) is 148 Å². The zero-order chi connectivity index (χ0) is 50.3. The zero-order valence-corrected chi connectivity index (χ0v) is 45.9. The molecule has 364 valence electrons. The minimum absolute atomic E-state index is 0.0297. The van der Waals surface area contributed by atoms with E-state index in [1.54, 1.807) is 5.56 Å². The molecule has 0 atom stereocenters. The Morgan fingerprint density at radius 2 is 1.01 bits per heavy atom. The van der Waals surface area contributed by atoms with E-state index in [9.17, 15) is 0 Å². The second-order valence-corrected chi connectivity index (χ2v) is 28.0. The van der Waals surface area contributed by atoms with Crippen molar-refractivity contribution < 1.29 is 4.42 Å². The Morgan fingerprint density at radius 3 is 1.62 bits per heavy atom. The van der Waals surface area contributed by atoms with Gasteiger partial charge in [0, 0.05) is 33.7 Å². The van der Waals surface area contributed by atoms with Crippen molar-refractivity contribution in [1.82, 2.24) is 0 Å². The molecule has 6 aromatic carbocycles. The molecule has 0 N–H and O–H groups in total. The van der Waals surface area contributed by atoms with Crippen molar-refractivity contribution in [2.75, 3.05) is 9.80 Å². The predicted octanol–water partition coefficient (Wildman–Crippen LogP) is 16.8. The number of rotatable bonds is 3. The minimum atomic E-state index is -0.121. The van der Waals surface area contributed by atoms with E-state index in [4.69, 9.17) is 4.42 Å². The maximum atomic E-state index is 7.71. The molecule has 6 aliphatic rings. The summed E-state index contributed by atoms with van der Waals surface area (Å²) in [5, 5.41) is 1.25. The Bertz CT molecular complexity index is 3370. The number of aryl methyl sites for hydroxylation is 1. The maximum absolute atomic E-state index is 7.71. The van der Waals surface area contributed by atoms with Crippen molar-refractivity contribution in [2.45, 2.75) is 187 Å². The molecular weight excluding hydrogens is 860 g/mol. The fourth-order valence-corrected chi connectivity index (χ4v) is 13.8. The van der Waals surface area contributed by atoms with Crippen molar-refractivity contribution in [1.29, 1.82) is 0 Å². The van der Waals surface area contributed by atoms with Crippen LogP contribution in [0.5, 0.6) is 0 Å². The Kier molecular flexibility index (Phi) is 9.73. The Morgan fingerprint density at radius 1 is 0.479 bits per heavy atom. The molecule has 4 aliphatic carbocycles. The van der Waals surface area contributed by atoms with Crippen LogP contribution in [0.1, 0.15) is 187 Å². The lowest BCUT2D eigenvalue weighted by Gasteiger charge is -2.52. The largest absolute Gasteiger partial charge is 0.468 e. The molecule has 0 unspecified atom stereocenters. The fourth-order valence-electron chi connectivity index (χ4n) is 13.8. The van der Waals surface area contributed by atoms with E-state index >= 15 is 0 Å². The molecule has 13 rings (SSSR count). The third-order valence-electron chi connectivity index (χ3n) is 18.8. The second-order valence-electron chi connectivity index (χ2n) is 28.0. The van der Waals surface area contributed by atoms with Gasteiger partial charge in [0.1, 0.15) is 5.58 Å². The van der Waals surface area contributed by atoms with Crippen LogP contribution in [0.25, 0.3) is 22.1 Å². The summed E-state index contributed by atoms with van der Waals surface area (Å²) in [5.74, 6) is 0. The van der Waals surface area contributed by atoms with Crippen LogP contribution in [-0.2, 0) is 37.9 Å². The number of anilines is 6. The minimum Gasteiger partial charge on any atom is -0.468 e. The Labute approximate surface area is 426 Å². The van der Waals surface area contributed by atoms with Gasteiger partial charge in [0.2, 0.25) is 0 Å². The van der Waals surface area contributed by atoms with E-state index in [0.717, 1.165) is 11.2 Å². The summed E-state index contributed by atoms with van der Waals surface area (Å²) in [6, 6.07) is 41.7. The number of furan rings is 1. The monoisotopic (exact) mass is 937 g/mol. The molecule has 2 aliphatic heterocycles. The molecule has 4 heteroatoms. The van der Waals surface area contributed by atoms with Gasteiger partial charge in [-0.1, -0.05) is 152 Å². The number of hydrogen-bond donors (Lipinski definition) is 0. The molecule has 1 fully saturated rings. The zero-order valence-electron chi connectivity index (χ0n) is 45.9. The highest BCUT2D eigenvalue weighted by Gasteiger charge is 2.51. The molecule has 1 aromatic heterocycles. The van der Waals surface area contributed by atoms with Crippen LogP contribution in [0.3, 0.4) is 0 Å². The highest BCUT2D eigenvalue weighted by Crippen LogP contribution is 2.59. The normalized spacial score (nSPS) is 21.7. The van der Waals surface area contributed by atoms with E-state index in [-0.39, 0.29) is 44.6 Å². The summed E-state index contributed by atoms with van der Waals surface area (Å²) in [5.41, 5.74) is 26.3. The first-order chi connectivity index (χ1) is 33.2. The van der Waals surface area contributed by atoms with Crippen LogP contribution in [0, 0.1) is 6.92 Å². The van der Waals surface area contributed by atoms with Gasteiger partial charge in [0.25, 0.3) is 6.71 Å². The smallest absolute Gasteiger partial charge is 0.297 e. The van der Waals surface area contributed by atoms with Crippen LogP contribution < -0.4 is 26.4 Å². The van der Waals surface area contributed by atoms with Crippen LogP contribution >= 0.6 is 0 Å². The van der Waals surface area contributed by atoms with E-state index in [1.807, 2.05) is 0 Å². The van der Waals surface area contributed by atoms with Gasteiger partial charge in [0.15, 0.2) is 0 Å². The van der Waals surface area contributed by atoms with Gasteiger partial charge < -0.3 is 14.2 Å². The standard InChI is InChI=1S/C67H77BN2O/c1-40-33-55-58-56(34-40)70(53-25-21-43(62(5,6)7)35-46(53)41-17-19-42(20-18-41)61(2,3)4)54-26-22-44(63(8,9)10)36-52(54)68(58)60-59(69(55)45-23-24-48-49(37-45)65(13,14)28-27-64(48,11)12)47-38-50-51(39-57(47)71-60)67(16)31-29-66(50,15)30-32-67/h17-26,33-39H,27-32H2,1-16H3. The number of nitrogens with zero attached hydrogens (tertiary/aromatic N) is 2. The van der Waals surface area contributed by atoms with Crippen molar-refractivity contribution in [2.24, 2.45) is 0 Å². The van der Waals surface area contributed by atoms with Crippen molar-refractivity contribution >= 4 is 68.4 Å². The van der Waals surface area contributed by atoms with Crippen LogP contribution in [0.2, 0.25) is 0 Å². The number of hydrogen-bond acceptors (Lipinski definition) is 3. The summed E-state index contributed by atoms with van der Waals surface area (Å²) >= 11 is 0. The fraction of sp³-hybridized carbons (Fsp3) is 0.433. The molecule has 3 heterocycles. The molecule has 71 heavy (non-hydrogen) atoms. The highest BCUT2D eigenvalue weighted by molar-refractivity contribution is 7.00. The Balaban J connectivity index is 1.19. The summed E-state index contributed by atoms with van der Waals surface area (Å²) in [6.45, 7) is 38.1. The van der Waals surface area contributed by atoms with Crippen molar-refractivity contribution in [3.8, 4) is 11.1 Å².